The molecule has 0 aliphatic carbocycles. The highest BCUT2D eigenvalue weighted by Crippen LogP contribution is 2.19. The van der Waals surface area contributed by atoms with Crippen LogP contribution in [0.3, 0.4) is 0 Å². The van der Waals surface area contributed by atoms with E-state index in [1.54, 1.807) is 0 Å². The number of halogens is 1. The van der Waals surface area contributed by atoms with Gasteiger partial charge in [-0.3, -0.25) is 4.90 Å². The molecule has 0 aliphatic heterocycles. The lowest BCUT2D eigenvalue weighted by Gasteiger charge is -2.15. The number of hydrogen-bond donors (Lipinski definition) is 1. The average Bonchev–Trinajstić information content (AvgIpc) is 2.86. The number of thiophene rings is 1. The molecule has 0 atom stereocenters. The maximum absolute atomic E-state index is 5.90. The molecule has 1 N–H and O–H groups in total. The van der Waals surface area contributed by atoms with E-state index in [0.29, 0.717) is 0 Å². The summed E-state index contributed by atoms with van der Waals surface area (Å²) in [5.74, 6) is 0. The Kier molecular flexibility index (Phi) is 6.05. The fraction of sp³-hybridized carbons (Fsp3) is 0.375. The number of hydrogen-bond acceptors (Lipinski definition) is 3. The van der Waals surface area contributed by atoms with Crippen LogP contribution in [0, 0.1) is 0 Å². The van der Waals surface area contributed by atoms with Crippen molar-refractivity contribution < 1.29 is 0 Å². The Balaban J connectivity index is 1.86. The molecular formula is C16H21ClN2S. The number of rotatable bonds is 7. The van der Waals surface area contributed by atoms with Crippen LogP contribution in [0.15, 0.2) is 36.4 Å². The summed E-state index contributed by atoms with van der Waals surface area (Å²) < 4.78 is 0. The second-order valence-corrected chi connectivity index (χ2v) is 6.64. The van der Waals surface area contributed by atoms with Crippen LogP contribution in [0.2, 0.25) is 5.02 Å². The Morgan fingerprint density at radius 2 is 1.75 bits per heavy atom. The summed E-state index contributed by atoms with van der Waals surface area (Å²) in [5.41, 5.74) is 1.29. The molecular weight excluding hydrogens is 288 g/mol. The third-order valence-corrected chi connectivity index (χ3v) is 4.38. The fourth-order valence-corrected chi connectivity index (χ4v) is 3.27. The molecule has 1 aromatic heterocycles. The van der Waals surface area contributed by atoms with Gasteiger partial charge in [0.05, 0.1) is 0 Å². The molecule has 0 amide bonds. The first-order valence-electron chi connectivity index (χ1n) is 6.88. The van der Waals surface area contributed by atoms with E-state index in [-0.39, 0.29) is 0 Å². The lowest BCUT2D eigenvalue weighted by atomic mass is 10.2. The molecule has 4 heteroatoms. The van der Waals surface area contributed by atoms with Gasteiger partial charge in [0.15, 0.2) is 0 Å². The lowest BCUT2D eigenvalue weighted by molar-refractivity contribution is 0.322. The molecule has 20 heavy (non-hydrogen) atoms. The minimum absolute atomic E-state index is 0.794. The first-order chi connectivity index (χ1) is 9.67. The molecule has 1 heterocycles. The van der Waals surface area contributed by atoms with Gasteiger partial charge in [0.25, 0.3) is 0 Å². The van der Waals surface area contributed by atoms with Crippen molar-refractivity contribution in [3.63, 3.8) is 0 Å². The number of nitrogens with one attached hydrogen (secondary N) is 1. The summed E-state index contributed by atoms with van der Waals surface area (Å²) in [5, 5.41) is 4.15. The average molecular weight is 309 g/mol. The smallest absolute Gasteiger partial charge is 0.0406 e. The van der Waals surface area contributed by atoms with Crippen molar-refractivity contribution in [1.29, 1.82) is 0 Å². The molecule has 108 valence electrons. The van der Waals surface area contributed by atoms with Crippen LogP contribution >= 0.6 is 22.9 Å². The molecule has 0 bridgehead atoms. The van der Waals surface area contributed by atoms with Crippen LogP contribution in [0.1, 0.15) is 22.2 Å². The van der Waals surface area contributed by atoms with E-state index in [0.717, 1.165) is 31.2 Å². The van der Waals surface area contributed by atoms with Gasteiger partial charge in [0.2, 0.25) is 0 Å². The van der Waals surface area contributed by atoms with Gasteiger partial charge >= 0.3 is 0 Å². The third kappa shape index (κ3) is 4.91. The van der Waals surface area contributed by atoms with Crippen molar-refractivity contribution in [2.24, 2.45) is 0 Å². The second-order valence-electron chi connectivity index (χ2n) is 4.95. The van der Waals surface area contributed by atoms with Crippen LogP contribution in [0.4, 0.5) is 0 Å². The van der Waals surface area contributed by atoms with Gasteiger partial charge in [-0.2, -0.15) is 0 Å². The van der Waals surface area contributed by atoms with Gasteiger partial charge in [0.1, 0.15) is 0 Å². The van der Waals surface area contributed by atoms with E-state index in [4.69, 9.17) is 11.6 Å². The molecule has 0 saturated heterocycles. The van der Waals surface area contributed by atoms with Crippen molar-refractivity contribution in [1.82, 2.24) is 10.2 Å². The summed E-state index contributed by atoms with van der Waals surface area (Å²) >= 11 is 7.79. The van der Waals surface area contributed by atoms with Crippen molar-refractivity contribution in [3.05, 3.63) is 56.7 Å². The van der Waals surface area contributed by atoms with Crippen LogP contribution in [0.5, 0.6) is 0 Å². The van der Waals surface area contributed by atoms with Crippen LogP contribution in [-0.4, -0.2) is 18.5 Å². The maximum Gasteiger partial charge on any atom is 0.0406 e. The lowest BCUT2D eigenvalue weighted by Crippen LogP contribution is -2.16. The second kappa shape index (κ2) is 7.79. The Morgan fingerprint density at radius 3 is 2.45 bits per heavy atom. The summed E-state index contributed by atoms with van der Waals surface area (Å²) in [6.07, 6.45) is 0. The predicted octanol–water partition coefficient (Wildman–Crippen LogP) is 4.14. The van der Waals surface area contributed by atoms with Crippen molar-refractivity contribution in [2.45, 2.75) is 26.6 Å². The summed E-state index contributed by atoms with van der Waals surface area (Å²) in [4.78, 5) is 5.14. The molecule has 0 spiro atoms. The highest BCUT2D eigenvalue weighted by molar-refractivity contribution is 7.11. The molecule has 0 aliphatic rings. The molecule has 2 rings (SSSR count). The van der Waals surface area contributed by atoms with E-state index >= 15 is 0 Å². The van der Waals surface area contributed by atoms with Crippen molar-refractivity contribution in [3.8, 4) is 0 Å². The van der Waals surface area contributed by atoms with Gasteiger partial charge in [-0.1, -0.05) is 30.7 Å². The van der Waals surface area contributed by atoms with Crippen LogP contribution in [-0.2, 0) is 19.6 Å². The molecule has 0 saturated carbocycles. The predicted molar refractivity (Wildman–Crippen MR) is 88.3 cm³/mol. The van der Waals surface area contributed by atoms with Gasteiger partial charge in [-0.15, -0.1) is 11.3 Å². The highest BCUT2D eigenvalue weighted by Gasteiger charge is 2.05. The SMILES string of the molecule is CCNCc1ccc(CN(C)Cc2ccc(Cl)cc2)s1. The third-order valence-electron chi connectivity index (χ3n) is 3.06. The zero-order valence-corrected chi connectivity index (χ0v) is 13.6. The van der Waals surface area contributed by atoms with E-state index in [1.165, 1.54) is 15.3 Å². The summed E-state index contributed by atoms with van der Waals surface area (Å²) in [6, 6.07) is 12.5. The molecule has 0 radical (unpaired) electrons. The number of benzene rings is 1. The summed E-state index contributed by atoms with van der Waals surface area (Å²) in [6.45, 7) is 6.05. The molecule has 0 fully saturated rings. The van der Waals surface area contributed by atoms with E-state index in [2.05, 4.69) is 48.5 Å². The van der Waals surface area contributed by atoms with Gasteiger partial charge in [0, 0.05) is 34.4 Å². The molecule has 2 aromatic rings. The first kappa shape index (κ1) is 15.5. The fourth-order valence-electron chi connectivity index (χ4n) is 2.07. The largest absolute Gasteiger partial charge is 0.312 e. The Morgan fingerprint density at radius 1 is 1.05 bits per heavy atom. The van der Waals surface area contributed by atoms with E-state index in [9.17, 15) is 0 Å². The van der Waals surface area contributed by atoms with Crippen LogP contribution < -0.4 is 5.32 Å². The Bertz CT molecular complexity index is 522. The Labute approximate surface area is 130 Å². The van der Waals surface area contributed by atoms with Crippen LogP contribution in [0.25, 0.3) is 0 Å². The zero-order chi connectivity index (χ0) is 14.4. The minimum Gasteiger partial charge on any atom is -0.312 e. The zero-order valence-electron chi connectivity index (χ0n) is 12.0. The molecule has 2 nitrogen and oxygen atoms in total. The molecule has 0 unspecified atom stereocenters. The topological polar surface area (TPSA) is 15.3 Å². The molecule has 1 aromatic carbocycles. The monoisotopic (exact) mass is 308 g/mol. The van der Waals surface area contributed by atoms with Crippen molar-refractivity contribution in [2.75, 3.05) is 13.6 Å². The quantitative estimate of drug-likeness (QED) is 0.827. The standard InChI is InChI=1S/C16H21ClN2S/c1-3-18-10-15-8-9-16(20-15)12-19(2)11-13-4-6-14(17)7-5-13/h4-9,18H,3,10-12H2,1-2H3. The van der Waals surface area contributed by atoms with Crippen molar-refractivity contribution >= 4 is 22.9 Å². The summed E-state index contributed by atoms with van der Waals surface area (Å²) in [7, 11) is 2.15. The highest BCUT2D eigenvalue weighted by atomic mass is 35.5. The van der Waals surface area contributed by atoms with E-state index in [1.807, 2.05) is 23.5 Å². The van der Waals surface area contributed by atoms with Gasteiger partial charge in [-0.25, -0.2) is 0 Å². The van der Waals surface area contributed by atoms with Gasteiger partial charge in [-0.05, 0) is 43.4 Å². The normalized spacial score (nSPS) is 11.2. The minimum atomic E-state index is 0.794. The van der Waals surface area contributed by atoms with E-state index < -0.39 is 0 Å². The number of nitrogens with zero attached hydrogens (tertiary/aromatic N) is 1. The first-order valence-corrected chi connectivity index (χ1v) is 8.08. The Hall–Kier alpha value is -0.870. The van der Waals surface area contributed by atoms with Gasteiger partial charge < -0.3 is 5.32 Å². The maximum atomic E-state index is 5.90.